The molecule has 8 heterocycles. The first-order valence-electron chi connectivity index (χ1n) is 21.3. The zero-order chi connectivity index (χ0) is 54.8. The van der Waals surface area contributed by atoms with Crippen LogP contribution in [0.15, 0.2) is 132 Å². The third-order valence-corrected chi connectivity index (χ3v) is 10.4. The number of fused-ring (bicyclic) bond motifs is 1. The third-order valence-electron chi connectivity index (χ3n) is 10.1. The zero-order valence-electron chi connectivity index (χ0n) is 38.5. The van der Waals surface area contributed by atoms with Crippen molar-refractivity contribution in [3.63, 3.8) is 0 Å². The van der Waals surface area contributed by atoms with Crippen LogP contribution in [0.1, 0.15) is 58.5 Å². The fourth-order valence-electron chi connectivity index (χ4n) is 6.43. The van der Waals surface area contributed by atoms with Gasteiger partial charge in [0.15, 0.2) is 34.5 Å². The predicted octanol–water partition coefficient (Wildman–Crippen LogP) is 5.33. The van der Waals surface area contributed by atoms with Crippen LogP contribution < -0.4 is 16.3 Å². The van der Waals surface area contributed by atoms with Crippen molar-refractivity contribution in [2.75, 3.05) is 10.6 Å². The van der Waals surface area contributed by atoms with E-state index in [9.17, 15) is 43.0 Å². The number of imidazole rings is 3. The van der Waals surface area contributed by atoms with E-state index in [-0.39, 0.29) is 67.1 Å². The fraction of sp³-hybridized carbons (Fsp3) is 0. The van der Waals surface area contributed by atoms with Crippen molar-refractivity contribution in [3.05, 3.63) is 189 Å². The van der Waals surface area contributed by atoms with Gasteiger partial charge in [0.2, 0.25) is 0 Å². The molecule has 0 aliphatic rings. The van der Waals surface area contributed by atoms with Crippen molar-refractivity contribution in [2.24, 2.45) is 0 Å². The summed E-state index contributed by atoms with van der Waals surface area (Å²) in [7, 11) is 0. The summed E-state index contributed by atoms with van der Waals surface area (Å²) in [6.07, 6.45) is 30.1. The second-order valence-corrected chi connectivity index (χ2v) is 15.3. The first kappa shape index (κ1) is 51.7. The summed E-state index contributed by atoms with van der Waals surface area (Å²) in [5.41, 5.74) is -1.46. The molecule has 27 heteroatoms. The number of terminal acetylenes is 3. The smallest absolute Gasteiger partial charge is 0.356 e. The lowest BCUT2D eigenvalue weighted by atomic mass is 10.1. The van der Waals surface area contributed by atoms with E-state index >= 15 is 0 Å². The average molecular weight is 1050 g/mol. The summed E-state index contributed by atoms with van der Waals surface area (Å²) < 4.78 is 37.4. The Morgan fingerprint density at radius 3 is 1.55 bits per heavy atom. The average Bonchev–Trinajstić information content (AvgIpc) is 4.29. The van der Waals surface area contributed by atoms with Crippen LogP contribution >= 0.6 is 11.6 Å². The van der Waals surface area contributed by atoms with Crippen LogP contribution in [0.3, 0.4) is 0 Å². The van der Waals surface area contributed by atoms with Crippen molar-refractivity contribution >= 4 is 57.6 Å². The molecular formula is C50H27ClF2N16O8. The number of rotatable bonds is 10. The number of carbonyl (C=O) groups excluding carboxylic acids is 2. The minimum Gasteiger partial charge on any atom is -0.478 e. The van der Waals surface area contributed by atoms with Crippen molar-refractivity contribution in [3.8, 4) is 66.1 Å². The highest BCUT2D eigenvalue weighted by Gasteiger charge is 2.21. The summed E-state index contributed by atoms with van der Waals surface area (Å²) in [5.74, 6) is 2.25. The standard InChI is InChI=1S/C17H10FN5O3.C17H8FN5O2.C16H9ClN6O3/c1-2-10-7-14(11(17(25)26)8-12(10)18)20-16(24)13-3-4-15(22-21-13)23-6-5-19-9-23;1-2-10-7-14-11(8-12(10)18)17(24)25-16(20-14)13-3-4-15(22-21-13)23-6-5-19-9-23;1-2-9-7-11(13(16(25)26)20-14(9)17)19-15(24)10-3-4-12(22-21-10)23-6-5-18-8-23/h1,3-9H,(H,20,24)(H,25,26);1,3-9H;1,3-8H,(H,19,24)(H,25,26). The van der Waals surface area contributed by atoms with Gasteiger partial charge in [0.1, 0.15) is 41.5 Å². The quantitative estimate of drug-likeness (QED) is 0.0993. The molecule has 0 unspecified atom stereocenters. The van der Waals surface area contributed by atoms with E-state index in [2.05, 4.69) is 83.9 Å². The molecule has 10 aromatic rings. The van der Waals surface area contributed by atoms with Crippen LogP contribution in [-0.2, 0) is 0 Å². The van der Waals surface area contributed by atoms with Crippen LogP contribution in [0, 0.1) is 48.7 Å². The van der Waals surface area contributed by atoms with E-state index in [1.165, 1.54) is 36.9 Å². The van der Waals surface area contributed by atoms with Gasteiger partial charge in [0.25, 0.3) is 17.7 Å². The van der Waals surface area contributed by atoms with E-state index in [1.54, 1.807) is 81.5 Å². The zero-order valence-corrected chi connectivity index (χ0v) is 39.3. The second-order valence-electron chi connectivity index (χ2n) is 14.9. The van der Waals surface area contributed by atoms with Gasteiger partial charge in [0, 0.05) is 37.2 Å². The first-order valence-corrected chi connectivity index (χ1v) is 21.7. The molecule has 0 saturated heterocycles. The Balaban J connectivity index is 0.000000153. The number of nitrogens with one attached hydrogen (secondary N) is 2. The summed E-state index contributed by atoms with van der Waals surface area (Å²) in [6, 6.07) is 14.6. The largest absolute Gasteiger partial charge is 0.478 e. The summed E-state index contributed by atoms with van der Waals surface area (Å²) in [6.45, 7) is 0. The fourth-order valence-corrected chi connectivity index (χ4v) is 6.62. The molecule has 0 atom stereocenters. The van der Waals surface area contributed by atoms with Gasteiger partial charge in [-0.15, -0.1) is 49.9 Å². The maximum Gasteiger partial charge on any atom is 0.356 e. The Morgan fingerprint density at radius 1 is 0.597 bits per heavy atom. The molecule has 2 aromatic carbocycles. The minimum absolute atomic E-state index is 0.00300. The maximum atomic E-state index is 13.7. The lowest BCUT2D eigenvalue weighted by Crippen LogP contribution is -2.18. The maximum absolute atomic E-state index is 13.7. The van der Waals surface area contributed by atoms with E-state index in [1.807, 2.05) is 0 Å². The summed E-state index contributed by atoms with van der Waals surface area (Å²) in [4.78, 5) is 78.9. The molecule has 0 aliphatic heterocycles. The van der Waals surface area contributed by atoms with Crippen LogP contribution in [0.2, 0.25) is 5.15 Å². The van der Waals surface area contributed by atoms with Crippen molar-refractivity contribution in [1.82, 2.24) is 69.2 Å². The highest BCUT2D eigenvalue weighted by Crippen LogP contribution is 2.24. The number of nitrogens with zero attached hydrogens (tertiary/aromatic N) is 14. The number of aromatic nitrogens is 14. The molecule has 0 aliphatic carbocycles. The van der Waals surface area contributed by atoms with E-state index in [0.29, 0.717) is 17.5 Å². The molecule has 0 fully saturated rings. The lowest BCUT2D eigenvalue weighted by molar-refractivity contribution is 0.0683. The van der Waals surface area contributed by atoms with E-state index in [4.69, 9.17) is 35.3 Å². The molecular weight excluding hydrogens is 1030 g/mol. The topological polar surface area (TPSA) is 320 Å². The minimum atomic E-state index is -1.41. The van der Waals surface area contributed by atoms with Gasteiger partial charge in [-0.25, -0.2) is 48.1 Å². The van der Waals surface area contributed by atoms with E-state index in [0.717, 1.165) is 18.2 Å². The van der Waals surface area contributed by atoms with Crippen molar-refractivity contribution < 1.29 is 42.6 Å². The molecule has 4 N–H and O–H groups in total. The molecule has 376 valence electrons. The first-order chi connectivity index (χ1) is 37.1. The number of benzene rings is 2. The van der Waals surface area contributed by atoms with Crippen LogP contribution in [0.25, 0.3) is 39.9 Å². The van der Waals surface area contributed by atoms with Gasteiger partial charge in [-0.05, 0) is 66.7 Å². The second kappa shape index (κ2) is 22.8. The van der Waals surface area contributed by atoms with Gasteiger partial charge in [-0.2, -0.15) is 0 Å². The molecule has 0 bridgehead atoms. The highest BCUT2D eigenvalue weighted by molar-refractivity contribution is 6.31. The Morgan fingerprint density at radius 2 is 1.09 bits per heavy atom. The molecule has 2 amide bonds. The lowest BCUT2D eigenvalue weighted by Gasteiger charge is -2.09. The molecule has 0 spiro atoms. The number of carboxylic acids is 2. The molecule has 0 radical (unpaired) electrons. The Kier molecular flexibility index (Phi) is 15.3. The number of aromatic carboxylic acids is 2. The number of carbonyl (C=O) groups is 4. The molecule has 8 aromatic heterocycles. The third kappa shape index (κ3) is 11.8. The number of halogens is 3. The van der Waals surface area contributed by atoms with Crippen LogP contribution in [-0.4, -0.2) is 103 Å². The number of amides is 2. The van der Waals surface area contributed by atoms with Gasteiger partial charge < -0.3 is 25.3 Å². The summed E-state index contributed by atoms with van der Waals surface area (Å²) in [5, 5.41) is 46.5. The van der Waals surface area contributed by atoms with Crippen molar-refractivity contribution in [1.29, 1.82) is 0 Å². The number of pyridine rings is 1. The number of carboxylic acid groups (broad SMARTS) is 2. The number of hydrogen-bond donors (Lipinski definition) is 4. The molecule has 24 nitrogen and oxygen atoms in total. The van der Waals surface area contributed by atoms with Gasteiger partial charge in [0.05, 0.1) is 44.5 Å². The van der Waals surface area contributed by atoms with Crippen LogP contribution in [0.4, 0.5) is 20.2 Å². The molecule has 77 heavy (non-hydrogen) atoms. The van der Waals surface area contributed by atoms with Gasteiger partial charge in [-0.3, -0.25) is 23.3 Å². The normalized spacial score (nSPS) is 10.3. The molecule has 0 saturated carbocycles. The van der Waals surface area contributed by atoms with Gasteiger partial charge >= 0.3 is 17.6 Å². The SMILES string of the molecule is C#Cc1cc(NC(=O)c2ccc(-n3ccnc3)nn2)c(C(=O)O)cc1F.C#Cc1cc(NC(=O)c2ccc(-n3ccnc3)nn2)c(C(=O)O)nc1Cl.C#Cc1cc2nc(-c3ccc(-n4ccnc4)nn3)oc(=O)c2cc1F. The molecule has 10 rings (SSSR count). The Labute approximate surface area is 434 Å². The highest BCUT2D eigenvalue weighted by atomic mass is 35.5. The van der Waals surface area contributed by atoms with Crippen molar-refractivity contribution in [2.45, 2.75) is 0 Å². The number of anilines is 2. The van der Waals surface area contributed by atoms with Crippen LogP contribution in [0.5, 0.6) is 0 Å². The summed E-state index contributed by atoms with van der Waals surface area (Å²) >= 11 is 5.81. The Hall–Kier alpha value is -11.7. The van der Waals surface area contributed by atoms with E-state index < -0.39 is 52.3 Å². The predicted molar refractivity (Wildman–Crippen MR) is 266 cm³/mol. The Bertz CT molecular complexity index is 3900. The van der Waals surface area contributed by atoms with Gasteiger partial charge in [-0.1, -0.05) is 29.4 Å². The monoisotopic (exact) mass is 1050 g/mol. The number of hydrogen-bond acceptors (Lipinski definition) is 17.